The summed E-state index contributed by atoms with van der Waals surface area (Å²) in [6.07, 6.45) is 1.93. The quantitative estimate of drug-likeness (QED) is 0.707. The second-order valence-corrected chi connectivity index (χ2v) is 4.81. The van der Waals surface area contributed by atoms with Crippen molar-refractivity contribution in [2.45, 2.75) is 20.0 Å². The van der Waals surface area contributed by atoms with Crippen molar-refractivity contribution in [1.29, 1.82) is 0 Å². The Morgan fingerprint density at radius 1 is 1.29 bits per heavy atom. The molecule has 1 N–H and O–H groups in total. The number of aryl methyl sites for hydroxylation is 1. The van der Waals surface area contributed by atoms with E-state index in [0.717, 1.165) is 18.0 Å². The molecule has 0 aliphatic rings. The lowest BCUT2D eigenvalue weighted by molar-refractivity contribution is 0.199. The molecule has 0 aliphatic carbocycles. The number of ether oxygens (including phenoxy) is 2. The molecule has 1 aromatic carbocycles. The average Bonchev–Trinajstić information content (AvgIpc) is 2.92. The van der Waals surface area contributed by atoms with E-state index in [2.05, 4.69) is 15.6 Å². The van der Waals surface area contributed by atoms with Crippen LogP contribution in [0.4, 0.5) is 0 Å². The molecular formula is C15H22N4O2. The maximum atomic E-state index is 5.69. The van der Waals surface area contributed by atoms with Crippen LogP contribution in [0.15, 0.2) is 30.5 Å². The summed E-state index contributed by atoms with van der Waals surface area (Å²) in [5, 5.41) is 11.4. The van der Waals surface area contributed by atoms with Crippen LogP contribution in [0.25, 0.3) is 0 Å². The first kappa shape index (κ1) is 15.5. The molecule has 21 heavy (non-hydrogen) atoms. The van der Waals surface area contributed by atoms with Gasteiger partial charge in [0.15, 0.2) is 0 Å². The third kappa shape index (κ3) is 5.53. The van der Waals surface area contributed by atoms with Crippen LogP contribution in [0, 0.1) is 6.92 Å². The minimum atomic E-state index is 0.573. The van der Waals surface area contributed by atoms with Crippen LogP contribution in [-0.2, 0) is 17.8 Å². The standard InChI is InChI=1S/C15H22N4O2/c1-13-4-3-5-15(10-13)21-9-7-19-12-14(17-18-19)11-16-6-8-20-2/h3-5,10,12,16H,6-9,11H2,1-2H3. The molecular weight excluding hydrogens is 268 g/mol. The molecule has 0 spiro atoms. The predicted octanol–water partition coefficient (Wildman–Crippen LogP) is 1.40. The summed E-state index contributed by atoms with van der Waals surface area (Å²) in [4.78, 5) is 0. The molecule has 0 atom stereocenters. The van der Waals surface area contributed by atoms with Gasteiger partial charge in [0.25, 0.3) is 0 Å². The van der Waals surface area contributed by atoms with Gasteiger partial charge >= 0.3 is 0 Å². The van der Waals surface area contributed by atoms with E-state index < -0.39 is 0 Å². The third-order valence-corrected chi connectivity index (χ3v) is 2.95. The highest BCUT2D eigenvalue weighted by Gasteiger charge is 2.01. The Balaban J connectivity index is 1.70. The molecule has 0 bridgehead atoms. The number of nitrogens with one attached hydrogen (secondary N) is 1. The normalized spacial score (nSPS) is 10.8. The molecule has 2 aromatic rings. The van der Waals surface area contributed by atoms with Crippen LogP contribution in [0.3, 0.4) is 0 Å². The number of benzene rings is 1. The molecule has 6 nitrogen and oxygen atoms in total. The number of hydrogen-bond acceptors (Lipinski definition) is 5. The van der Waals surface area contributed by atoms with Crippen LogP contribution in [0.1, 0.15) is 11.3 Å². The Morgan fingerprint density at radius 2 is 2.19 bits per heavy atom. The van der Waals surface area contributed by atoms with Gasteiger partial charge in [0.05, 0.1) is 18.8 Å². The zero-order chi connectivity index (χ0) is 14.9. The highest BCUT2D eigenvalue weighted by atomic mass is 16.5. The van der Waals surface area contributed by atoms with E-state index in [1.807, 2.05) is 37.4 Å². The lowest BCUT2D eigenvalue weighted by Crippen LogP contribution is -2.18. The third-order valence-electron chi connectivity index (χ3n) is 2.95. The average molecular weight is 290 g/mol. The second-order valence-electron chi connectivity index (χ2n) is 4.81. The molecule has 2 rings (SSSR count). The zero-order valence-electron chi connectivity index (χ0n) is 12.6. The van der Waals surface area contributed by atoms with Crippen molar-refractivity contribution >= 4 is 0 Å². The van der Waals surface area contributed by atoms with Crippen molar-refractivity contribution in [1.82, 2.24) is 20.3 Å². The Bertz CT molecular complexity index is 542. The summed E-state index contributed by atoms with van der Waals surface area (Å²) in [6.45, 7) is 5.50. The maximum absolute atomic E-state index is 5.69. The second kappa shape index (κ2) is 8.39. The van der Waals surface area contributed by atoms with Gasteiger partial charge in [-0.25, -0.2) is 4.68 Å². The van der Waals surface area contributed by atoms with Crippen molar-refractivity contribution in [3.8, 4) is 5.75 Å². The molecule has 1 heterocycles. The number of rotatable bonds is 9. The topological polar surface area (TPSA) is 61.2 Å². The van der Waals surface area contributed by atoms with Gasteiger partial charge in [-0.3, -0.25) is 0 Å². The van der Waals surface area contributed by atoms with Crippen LogP contribution in [0.2, 0.25) is 0 Å². The van der Waals surface area contributed by atoms with E-state index in [4.69, 9.17) is 9.47 Å². The molecule has 1 aromatic heterocycles. The summed E-state index contributed by atoms with van der Waals surface area (Å²) < 4.78 is 12.5. The molecule has 114 valence electrons. The van der Waals surface area contributed by atoms with Gasteiger partial charge < -0.3 is 14.8 Å². The fourth-order valence-corrected chi connectivity index (χ4v) is 1.88. The fraction of sp³-hybridized carbons (Fsp3) is 0.467. The summed E-state index contributed by atoms with van der Waals surface area (Å²) in [5.41, 5.74) is 2.11. The molecule has 0 fully saturated rings. The molecule has 0 unspecified atom stereocenters. The van der Waals surface area contributed by atoms with E-state index in [-0.39, 0.29) is 0 Å². The lowest BCUT2D eigenvalue weighted by Gasteiger charge is -2.06. The number of aromatic nitrogens is 3. The van der Waals surface area contributed by atoms with Crippen LogP contribution in [-0.4, -0.2) is 41.9 Å². The van der Waals surface area contributed by atoms with Crippen LogP contribution >= 0.6 is 0 Å². The first-order chi connectivity index (χ1) is 10.3. The summed E-state index contributed by atoms with van der Waals surface area (Å²) in [5.74, 6) is 0.886. The van der Waals surface area contributed by atoms with Gasteiger partial charge in [-0.15, -0.1) is 5.10 Å². The van der Waals surface area contributed by atoms with E-state index in [0.29, 0.717) is 26.3 Å². The lowest BCUT2D eigenvalue weighted by atomic mass is 10.2. The first-order valence-corrected chi connectivity index (χ1v) is 7.06. The Morgan fingerprint density at radius 3 is 3.00 bits per heavy atom. The fourth-order valence-electron chi connectivity index (χ4n) is 1.88. The first-order valence-electron chi connectivity index (χ1n) is 7.06. The van der Waals surface area contributed by atoms with E-state index in [1.54, 1.807) is 11.8 Å². The Labute approximate surface area is 125 Å². The van der Waals surface area contributed by atoms with Crippen LogP contribution < -0.4 is 10.1 Å². The minimum Gasteiger partial charge on any atom is -0.492 e. The SMILES string of the molecule is COCCNCc1cn(CCOc2cccc(C)c2)nn1. The number of nitrogens with zero attached hydrogens (tertiary/aromatic N) is 3. The van der Waals surface area contributed by atoms with Crippen molar-refractivity contribution < 1.29 is 9.47 Å². The number of methoxy groups -OCH3 is 1. The molecule has 0 saturated carbocycles. The zero-order valence-corrected chi connectivity index (χ0v) is 12.6. The van der Waals surface area contributed by atoms with E-state index in [9.17, 15) is 0 Å². The van der Waals surface area contributed by atoms with Crippen LogP contribution in [0.5, 0.6) is 5.75 Å². The van der Waals surface area contributed by atoms with Crippen molar-refractivity contribution in [2.75, 3.05) is 26.9 Å². The highest BCUT2D eigenvalue weighted by molar-refractivity contribution is 5.27. The van der Waals surface area contributed by atoms with Gasteiger partial charge in [0.1, 0.15) is 12.4 Å². The monoisotopic (exact) mass is 290 g/mol. The number of hydrogen-bond donors (Lipinski definition) is 1. The van der Waals surface area contributed by atoms with Gasteiger partial charge in [0.2, 0.25) is 0 Å². The van der Waals surface area contributed by atoms with Crippen molar-refractivity contribution in [3.63, 3.8) is 0 Å². The van der Waals surface area contributed by atoms with Gasteiger partial charge in [0, 0.05) is 26.4 Å². The van der Waals surface area contributed by atoms with Crippen molar-refractivity contribution in [2.24, 2.45) is 0 Å². The summed E-state index contributed by atoms with van der Waals surface area (Å²) in [7, 11) is 1.69. The molecule has 6 heteroatoms. The summed E-state index contributed by atoms with van der Waals surface area (Å²) in [6, 6.07) is 8.02. The van der Waals surface area contributed by atoms with Gasteiger partial charge in [-0.05, 0) is 24.6 Å². The predicted molar refractivity (Wildman–Crippen MR) is 80.3 cm³/mol. The molecule has 0 saturated heterocycles. The smallest absolute Gasteiger partial charge is 0.119 e. The van der Waals surface area contributed by atoms with Crippen molar-refractivity contribution in [3.05, 3.63) is 41.7 Å². The largest absolute Gasteiger partial charge is 0.492 e. The van der Waals surface area contributed by atoms with Gasteiger partial charge in [-0.1, -0.05) is 17.3 Å². The summed E-state index contributed by atoms with van der Waals surface area (Å²) >= 11 is 0. The molecule has 0 radical (unpaired) electrons. The highest BCUT2D eigenvalue weighted by Crippen LogP contribution is 2.12. The molecule has 0 aliphatic heterocycles. The Kier molecular flexibility index (Phi) is 6.18. The molecule has 0 amide bonds. The maximum Gasteiger partial charge on any atom is 0.119 e. The minimum absolute atomic E-state index is 0.573. The Hall–Kier alpha value is -1.92. The van der Waals surface area contributed by atoms with Gasteiger partial charge in [-0.2, -0.15) is 0 Å². The van der Waals surface area contributed by atoms with E-state index in [1.165, 1.54) is 5.56 Å². The van der Waals surface area contributed by atoms with E-state index >= 15 is 0 Å².